The molecule has 2 aromatic rings. The molecule has 0 saturated carbocycles. The van der Waals surface area contributed by atoms with Gasteiger partial charge in [0.1, 0.15) is 19.0 Å². The number of halogens is 1. The Kier molecular flexibility index (Phi) is 7.26. The van der Waals surface area contributed by atoms with Crippen LogP contribution in [0.4, 0.5) is 0 Å². The van der Waals surface area contributed by atoms with Gasteiger partial charge in [-0.05, 0) is 60.7 Å². The van der Waals surface area contributed by atoms with Crippen LogP contribution in [0.3, 0.4) is 0 Å². The minimum Gasteiger partial charge on any atom is -0.494 e. The lowest BCUT2D eigenvalue weighted by Crippen LogP contribution is -2.32. The number of nitrogens with one attached hydrogen (secondary N) is 1. The highest BCUT2D eigenvalue weighted by Gasteiger charge is 2.21. The smallest absolute Gasteiger partial charge is 0.220 e. The Morgan fingerprint density at radius 2 is 1.90 bits per heavy atom. The van der Waals surface area contributed by atoms with E-state index in [2.05, 4.69) is 19.2 Å². The molecule has 156 valence electrons. The zero-order chi connectivity index (χ0) is 20.8. The van der Waals surface area contributed by atoms with Gasteiger partial charge in [0.15, 0.2) is 11.5 Å². The molecule has 29 heavy (non-hydrogen) atoms. The summed E-state index contributed by atoms with van der Waals surface area (Å²) in [5.74, 6) is 2.51. The van der Waals surface area contributed by atoms with Crippen LogP contribution in [0.2, 0.25) is 5.02 Å². The first-order valence-electron chi connectivity index (χ1n) is 10.0. The van der Waals surface area contributed by atoms with Crippen molar-refractivity contribution in [3.05, 3.63) is 52.5 Å². The first-order chi connectivity index (χ1) is 13.9. The zero-order valence-electron chi connectivity index (χ0n) is 17.2. The van der Waals surface area contributed by atoms with E-state index in [1.807, 2.05) is 43.3 Å². The van der Waals surface area contributed by atoms with Crippen molar-refractivity contribution in [1.82, 2.24) is 5.32 Å². The summed E-state index contributed by atoms with van der Waals surface area (Å²) < 4.78 is 17.0. The van der Waals surface area contributed by atoms with Crippen LogP contribution in [0.25, 0.3) is 0 Å². The van der Waals surface area contributed by atoms with Crippen molar-refractivity contribution in [3.63, 3.8) is 0 Å². The molecule has 6 heteroatoms. The number of ether oxygens (including phenoxy) is 3. The highest BCUT2D eigenvalue weighted by atomic mass is 35.5. The van der Waals surface area contributed by atoms with Gasteiger partial charge in [0.2, 0.25) is 5.91 Å². The van der Waals surface area contributed by atoms with Crippen LogP contribution in [-0.2, 0) is 4.79 Å². The summed E-state index contributed by atoms with van der Waals surface area (Å²) in [5.41, 5.74) is 1.99. The van der Waals surface area contributed by atoms with E-state index in [0.717, 1.165) is 33.4 Å². The number of rotatable bonds is 8. The Hall–Kier alpha value is -2.40. The van der Waals surface area contributed by atoms with Gasteiger partial charge >= 0.3 is 0 Å². The van der Waals surface area contributed by atoms with Crippen LogP contribution in [0, 0.1) is 12.8 Å². The molecule has 1 atom stereocenters. The second kappa shape index (κ2) is 9.88. The molecule has 1 heterocycles. The van der Waals surface area contributed by atoms with Gasteiger partial charge in [0.05, 0.1) is 12.6 Å². The molecule has 5 nitrogen and oxygen atoms in total. The molecule has 0 radical (unpaired) electrons. The van der Waals surface area contributed by atoms with Crippen molar-refractivity contribution in [3.8, 4) is 17.2 Å². The SMILES string of the molecule is Cc1cc(OCCCC(=O)NC(c2ccc3c(c2)OCCO3)C(C)C)ccc1Cl. The lowest BCUT2D eigenvalue weighted by Gasteiger charge is -2.25. The Morgan fingerprint density at radius 3 is 2.62 bits per heavy atom. The molecule has 0 fully saturated rings. The summed E-state index contributed by atoms with van der Waals surface area (Å²) >= 11 is 6.02. The molecular weight excluding hydrogens is 390 g/mol. The Morgan fingerprint density at radius 1 is 1.14 bits per heavy atom. The lowest BCUT2D eigenvalue weighted by atomic mass is 9.95. The van der Waals surface area contributed by atoms with E-state index >= 15 is 0 Å². The molecule has 3 rings (SSSR count). The van der Waals surface area contributed by atoms with E-state index in [9.17, 15) is 4.79 Å². The maximum absolute atomic E-state index is 12.5. The minimum absolute atomic E-state index is 0.00877. The largest absolute Gasteiger partial charge is 0.494 e. The number of fused-ring (bicyclic) bond motifs is 1. The molecule has 1 unspecified atom stereocenters. The fraction of sp³-hybridized carbons (Fsp3) is 0.435. The predicted octanol–water partition coefficient (Wildman–Crippen LogP) is 5.09. The number of benzene rings is 2. The van der Waals surface area contributed by atoms with Gasteiger partial charge in [0, 0.05) is 11.4 Å². The molecule has 1 N–H and O–H groups in total. The van der Waals surface area contributed by atoms with E-state index in [0.29, 0.717) is 32.7 Å². The molecule has 0 saturated heterocycles. The Labute approximate surface area is 177 Å². The van der Waals surface area contributed by atoms with E-state index in [1.54, 1.807) is 0 Å². The minimum atomic E-state index is -0.0850. The number of carbonyl (C=O) groups is 1. The van der Waals surface area contributed by atoms with Crippen LogP contribution in [0.5, 0.6) is 17.2 Å². The van der Waals surface area contributed by atoms with E-state index in [4.69, 9.17) is 25.8 Å². The van der Waals surface area contributed by atoms with Gasteiger partial charge in [-0.1, -0.05) is 31.5 Å². The standard InChI is InChI=1S/C23H28ClNO4/c1-15(2)23(17-6-9-20-21(14-17)29-12-11-28-20)25-22(26)5-4-10-27-18-7-8-19(24)16(3)13-18/h6-9,13-15,23H,4-5,10-12H2,1-3H3,(H,25,26). The number of hydrogen-bond acceptors (Lipinski definition) is 4. The summed E-state index contributed by atoms with van der Waals surface area (Å²) in [5, 5.41) is 3.86. The summed E-state index contributed by atoms with van der Waals surface area (Å²) in [6.07, 6.45) is 1.04. The van der Waals surface area contributed by atoms with Crippen molar-refractivity contribution in [1.29, 1.82) is 0 Å². The molecule has 1 amide bonds. The average Bonchev–Trinajstić information content (AvgIpc) is 2.71. The van der Waals surface area contributed by atoms with Crippen molar-refractivity contribution in [2.24, 2.45) is 5.92 Å². The number of amides is 1. The molecule has 1 aliphatic heterocycles. The fourth-order valence-electron chi connectivity index (χ4n) is 3.26. The van der Waals surface area contributed by atoms with Crippen LogP contribution in [0.1, 0.15) is 43.9 Å². The molecule has 2 aromatic carbocycles. The Bertz CT molecular complexity index is 853. The molecule has 0 bridgehead atoms. The Balaban J connectivity index is 1.51. The third-order valence-electron chi connectivity index (χ3n) is 4.85. The molecule has 0 aliphatic carbocycles. The van der Waals surface area contributed by atoms with Crippen LogP contribution in [-0.4, -0.2) is 25.7 Å². The zero-order valence-corrected chi connectivity index (χ0v) is 17.9. The van der Waals surface area contributed by atoms with E-state index in [1.165, 1.54) is 0 Å². The fourth-order valence-corrected chi connectivity index (χ4v) is 3.38. The quantitative estimate of drug-likeness (QED) is 0.607. The molecule has 1 aliphatic rings. The van der Waals surface area contributed by atoms with Gasteiger partial charge in [0.25, 0.3) is 0 Å². The first kappa shape index (κ1) is 21.3. The van der Waals surface area contributed by atoms with Crippen molar-refractivity contribution in [2.75, 3.05) is 19.8 Å². The summed E-state index contributed by atoms with van der Waals surface area (Å²) in [4.78, 5) is 12.5. The van der Waals surface area contributed by atoms with Crippen LogP contribution in [0.15, 0.2) is 36.4 Å². The second-order valence-electron chi connectivity index (χ2n) is 7.56. The summed E-state index contributed by atoms with van der Waals surface area (Å²) in [7, 11) is 0. The predicted molar refractivity (Wildman–Crippen MR) is 114 cm³/mol. The highest BCUT2D eigenvalue weighted by molar-refractivity contribution is 6.31. The van der Waals surface area contributed by atoms with Gasteiger partial charge in [-0.15, -0.1) is 0 Å². The maximum Gasteiger partial charge on any atom is 0.220 e. The van der Waals surface area contributed by atoms with Crippen LogP contribution >= 0.6 is 11.6 Å². The molecule has 0 aromatic heterocycles. The average molecular weight is 418 g/mol. The number of aryl methyl sites for hydroxylation is 1. The van der Waals surface area contributed by atoms with Gasteiger partial charge in [-0.3, -0.25) is 4.79 Å². The lowest BCUT2D eigenvalue weighted by molar-refractivity contribution is -0.122. The van der Waals surface area contributed by atoms with E-state index in [-0.39, 0.29) is 17.9 Å². The third kappa shape index (κ3) is 5.80. The highest BCUT2D eigenvalue weighted by Crippen LogP contribution is 2.34. The van der Waals surface area contributed by atoms with Gasteiger partial charge in [-0.25, -0.2) is 0 Å². The topological polar surface area (TPSA) is 56.8 Å². The first-order valence-corrected chi connectivity index (χ1v) is 10.4. The summed E-state index contributed by atoms with van der Waals surface area (Å²) in [6.45, 7) is 7.70. The number of carbonyl (C=O) groups excluding carboxylic acids is 1. The summed E-state index contributed by atoms with van der Waals surface area (Å²) in [6, 6.07) is 11.3. The van der Waals surface area contributed by atoms with Crippen molar-refractivity contribution < 1.29 is 19.0 Å². The molecular formula is C23H28ClNO4. The van der Waals surface area contributed by atoms with Gasteiger partial charge < -0.3 is 19.5 Å². The van der Waals surface area contributed by atoms with Crippen molar-refractivity contribution in [2.45, 2.75) is 39.7 Å². The second-order valence-corrected chi connectivity index (χ2v) is 7.96. The van der Waals surface area contributed by atoms with Gasteiger partial charge in [-0.2, -0.15) is 0 Å². The maximum atomic E-state index is 12.5. The van der Waals surface area contributed by atoms with Crippen molar-refractivity contribution >= 4 is 17.5 Å². The molecule has 0 spiro atoms. The monoisotopic (exact) mass is 417 g/mol. The third-order valence-corrected chi connectivity index (χ3v) is 5.28. The number of hydrogen-bond donors (Lipinski definition) is 1. The normalized spacial score (nSPS) is 13.8. The van der Waals surface area contributed by atoms with E-state index < -0.39 is 0 Å². The van der Waals surface area contributed by atoms with Crippen LogP contribution < -0.4 is 19.5 Å².